The summed E-state index contributed by atoms with van der Waals surface area (Å²) in [6.07, 6.45) is -5.35. The monoisotopic (exact) mass is 360 g/mol. The van der Waals surface area contributed by atoms with Gasteiger partial charge in [-0.1, -0.05) is 23.7 Å². The van der Waals surface area contributed by atoms with Gasteiger partial charge in [-0.15, -0.1) is 12.4 Å². The van der Waals surface area contributed by atoms with Crippen molar-refractivity contribution < 1.29 is 17.6 Å². The maximum Gasteiger partial charge on any atom is 0.389 e. The molecule has 1 aliphatic rings. The van der Waals surface area contributed by atoms with Crippen LogP contribution in [-0.2, 0) is 0 Å². The molecule has 0 bridgehead atoms. The Morgan fingerprint density at radius 3 is 2.45 bits per heavy atom. The second kappa shape index (κ2) is 8.34. The zero-order chi connectivity index (χ0) is 15.5. The lowest BCUT2D eigenvalue weighted by atomic mass is 9.98. The quantitative estimate of drug-likeness (QED) is 0.809. The first-order valence-corrected chi connectivity index (χ1v) is 7.22. The van der Waals surface area contributed by atoms with Gasteiger partial charge in [0, 0.05) is 44.2 Å². The molecule has 2 nitrogen and oxygen atoms in total. The van der Waals surface area contributed by atoms with Gasteiger partial charge in [-0.25, -0.2) is 4.39 Å². The van der Waals surface area contributed by atoms with Crippen molar-refractivity contribution in [3.8, 4) is 0 Å². The van der Waals surface area contributed by atoms with E-state index in [0.29, 0.717) is 26.2 Å². The second-order valence-corrected chi connectivity index (χ2v) is 5.51. The van der Waals surface area contributed by atoms with Crippen LogP contribution in [0.4, 0.5) is 17.6 Å². The zero-order valence-electron chi connectivity index (χ0n) is 11.8. The van der Waals surface area contributed by atoms with Crippen molar-refractivity contribution >= 4 is 24.0 Å². The molecule has 1 saturated heterocycles. The van der Waals surface area contributed by atoms with Crippen molar-refractivity contribution in [1.82, 2.24) is 10.2 Å². The van der Waals surface area contributed by atoms with Gasteiger partial charge in [-0.3, -0.25) is 4.90 Å². The van der Waals surface area contributed by atoms with Crippen molar-refractivity contribution in [3.05, 3.63) is 34.6 Å². The lowest BCUT2D eigenvalue weighted by Crippen LogP contribution is -2.45. The van der Waals surface area contributed by atoms with Crippen LogP contribution in [0.25, 0.3) is 0 Å². The van der Waals surface area contributed by atoms with Crippen molar-refractivity contribution in [1.29, 1.82) is 0 Å². The van der Waals surface area contributed by atoms with E-state index in [9.17, 15) is 17.6 Å². The molecule has 1 aromatic rings. The number of nitrogens with one attached hydrogen (secondary N) is 1. The molecular weight excluding hydrogens is 343 g/mol. The van der Waals surface area contributed by atoms with Crippen molar-refractivity contribution in [3.63, 3.8) is 0 Å². The van der Waals surface area contributed by atoms with Gasteiger partial charge in [0.2, 0.25) is 0 Å². The molecule has 22 heavy (non-hydrogen) atoms. The maximum atomic E-state index is 14.2. The molecule has 1 atom stereocenters. The summed E-state index contributed by atoms with van der Waals surface area (Å²) in [5, 5.41) is 3.08. The average molecular weight is 361 g/mol. The van der Waals surface area contributed by atoms with Gasteiger partial charge in [0.25, 0.3) is 0 Å². The third kappa shape index (κ3) is 5.26. The molecule has 0 unspecified atom stereocenters. The molecule has 1 heterocycles. The maximum absolute atomic E-state index is 14.2. The third-order valence-electron chi connectivity index (χ3n) is 3.63. The Kier molecular flexibility index (Phi) is 7.38. The number of nitrogens with zero attached hydrogens (tertiary/aromatic N) is 1. The minimum Gasteiger partial charge on any atom is -0.314 e. The van der Waals surface area contributed by atoms with Crippen LogP contribution in [0.2, 0.25) is 5.02 Å². The number of hydrogen-bond donors (Lipinski definition) is 1. The topological polar surface area (TPSA) is 15.3 Å². The number of benzene rings is 1. The summed E-state index contributed by atoms with van der Waals surface area (Å²) in [6.45, 7) is 2.55. The normalized spacial score (nSPS) is 17.9. The Hall–Kier alpha value is -0.560. The Bertz CT molecular complexity index is 476. The SMILES string of the molecule is Cl.Fc1c(Cl)cccc1[C@@H](CCC(F)(F)F)N1CCNCC1. The van der Waals surface area contributed by atoms with E-state index in [1.807, 2.05) is 4.90 Å². The number of alkyl halides is 3. The smallest absolute Gasteiger partial charge is 0.314 e. The lowest BCUT2D eigenvalue weighted by molar-refractivity contribution is -0.138. The van der Waals surface area contributed by atoms with Crippen LogP contribution in [0, 0.1) is 5.82 Å². The molecule has 2 rings (SSSR count). The first-order chi connectivity index (χ1) is 9.88. The minimum absolute atomic E-state index is 0. The standard InChI is InChI=1S/C14H17ClF4N2.ClH/c15-11-3-1-2-10(13(11)16)12(4-5-14(17,18)19)21-8-6-20-7-9-21;/h1-3,12,20H,4-9H2;1H/t12-;/m1./s1. The Labute approximate surface area is 138 Å². The van der Waals surface area contributed by atoms with Crippen LogP contribution in [0.5, 0.6) is 0 Å². The predicted molar refractivity (Wildman–Crippen MR) is 81.1 cm³/mol. The van der Waals surface area contributed by atoms with Gasteiger partial charge in [0.15, 0.2) is 0 Å². The molecule has 0 aliphatic carbocycles. The number of hydrogen-bond acceptors (Lipinski definition) is 2. The van der Waals surface area contributed by atoms with Crippen LogP contribution in [-0.4, -0.2) is 37.3 Å². The summed E-state index contributed by atoms with van der Waals surface area (Å²) in [4.78, 5) is 1.89. The molecule has 1 N–H and O–H groups in total. The summed E-state index contributed by atoms with van der Waals surface area (Å²) in [5.74, 6) is -0.620. The first kappa shape index (κ1) is 19.5. The molecule has 126 valence electrons. The Morgan fingerprint density at radius 2 is 1.86 bits per heavy atom. The molecule has 1 aliphatic heterocycles. The molecule has 0 amide bonds. The van der Waals surface area contributed by atoms with Crippen LogP contribution >= 0.6 is 24.0 Å². The summed E-state index contributed by atoms with van der Waals surface area (Å²) in [5.41, 5.74) is 0.244. The van der Waals surface area contributed by atoms with E-state index in [-0.39, 0.29) is 29.4 Å². The summed E-state index contributed by atoms with van der Waals surface area (Å²) in [6, 6.07) is 3.89. The lowest BCUT2D eigenvalue weighted by Gasteiger charge is -2.35. The number of rotatable bonds is 4. The highest BCUT2D eigenvalue weighted by Gasteiger charge is 2.32. The molecule has 0 aromatic heterocycles. The second-order valence-electron chi connectivity index (χ2n) is 5.10. The fourth-order valence-corrected chi connectivity index (χ4v) is 2.79. The van der Waals surface area contributed by atoms with Crippen LogP contribution in [0.1, 0.15) is 24.4 Å². The van der Waals surface area contributed by atoms with E-state index in [1.165, 1.54) is 12.1 Å². The molecule has 1 aromatic carbocycles. The molecule has 8 heteroatoms. The first-order valence-electron chi connectivity index (χ1n) is 6.84. The van der Waals surface area contributed by atoms with Gasteiger partial charge < -0.3 is 5.32 Å². The van der Waals surface area contributed by atoms with Crippen molar-refractivity contribution in [2.75, 3.05) is 26.2 Å². The highest BCUT2D eigenvalue weighted by atomic mass is 35.5. The molecule has 0 saturated carbocycles. The number of halogens is 6. The molecule has 1 fully saturated rings. The van der Waals surface area contributed by atoms with Gasteiger partial charge in [-0.2, -0.15) is 13.2 Å². The Balaban J connectivity index is 0.00000242. The van der Waals surface area contributed by atoms with E-state index in [4.69, 9.17) is 11.6 Å². The summed E-state index contributed by atoms with van der Waals surface area (Å²) < 4.78 is 51.8. The number of piperazine rings is 1. The van der Waals surface area contributed by atoms with Crippen LogP contribution in [0.15, 0.2) is 18.2 Å². The molecular formula is C14H18Cl2F4N2. The van der Waals surface area contributed by atoms with E-state index in [1.54, 1.807) is 6.07 Å². The van der Waals surface area contributed by atoms with Gasteiger partial charge in [-0.05, 0) is 12.5 Å². The zero-order valence-corrected chi connectivity index (χ0v) is 13.4. The highest BCUT2D eigenvalue weighted by molar-refractivity contribution is 6.30. The largest absolute Gasteiger partial charge is 0.389 e. The van der Waals surface area contributed by atoms with Gasteiger partial charge in [0.1, 0.15) is 5.82 Å². The van der Waals surface area contributed by atoms with Crippen LogP contribution < -0.4 is 5.32 Å². The predicted octanol–water partition coefficient (Wildman–Crippen LogP) is 4.19. The van der Waals surface area contributed by atoms with Crippen LogP contribution in [0.3, 0.4) is 0 Å². The van der Waals surface area contributed by atoms with Crippen molar-refractivity contribution in [2.24, 2.45) is 0 Å². The van der Waals surface area contributed by atoms with E-state index in [0.717, 1.165) is 0 Å². The highest BCUT2D eigenvalue weighted by Crippen LogP contribution is 2.34. The fourth-order valence-electron chi connectivity index (χ4n) is 2.61. The van der Waals surface area contributed by atoms with Crippen molar-refractivity contribution in [2.45, 2.75) is 25.1 Å². The van der Waals surface area contributed by atoms with Gasteiger partial charge in [0.05, 0.1) is 5.02 Å². The average Bonchev–Trinajstić information content (AvgIpc) is 2.43. The Morgan fingerprint density at radius 1 is 1.23 bits per heavy atom. The third-order valence-corrected chi connectivity index (χ3v) is 3.93. The van der Waals surface area contributed by atoms with E-state index < -0.39 is 24.5 Å². The molecule has 0 radical (unpaired) electrons. The summed E-state index contributed by atoms with van der Waals surface area (Å²) >= 11 is 5.76. The van der Waals surface area contributed by atoms with E-state index in [2.05, 4.69) is 5.32 Å². The minimum atomic E-state index is -4.25. The molecule has 0 spiro atoms. The van der Waals surface area contributed by atoms with Gasteiger partial charge >= 0.3 is 6.18 Å². The summed E-state index contributed by atoms with van der Waals surface area (Å²) in [7, 11) is 0. The van der Waals surface area contributed by atoms with E-state index >= 15 is 0 Å². The fraction of sp³-hybridized carbons (Fsp3) is 0.571.